The van der Waals surface area contributed by atoms with E-state index in [1.165, 1.54) is 0 Å². The summed E-state index contributed by atoms with van der Waals surface area (Å²) in [5, 5.41) is 5.34. The Balaban J connectivity index is 1.78. The van der Waals surface area contributed by atoms with Crippen molar-refractivity contribution in [3.63, 3.8) is 0 Å². The quantitative estimate of drug-likeness (QED) is 0.584. The minimum absolute atomic E-state index is 0.203. The van der Waals surface area contributed by atoms with Crippen LogP contribution in [0, 0.1) is 0 Å². The van der Waals surface area contributed by atoms with E-state index in [2.05, 4.69) is 27.1 Å². The van der Waals surface area contributed by atoms with Crippen LogP contribution >= 0.6 is 15.9 Å². The molecule has 3 rings (SSSR count). The summed E-state index contributed by atoms with van der Waals surface area (Å²) in [6.07, 6.45) is 2.03. The van der Waals surface area contributed by atoms with Gasteiger partial charge in [0.25, 0.3) is 0 Å². The maximum atomic E-state index is 11.7. The largest absolute Gasteiger partial charge is 0.489 e. The topological polar surface area (TPSA) is 53.4 Å². The summed E-state index contributed by atoms with van der Waals surface area (Å²) in [5.74, 6) is 0.439. The van der Waals surface area contributed by atoms with Gasteiger partial charge in [-0.05, 0) is 30.7 Å². The van der Waals surface area contributed by atoms with Crippen LogP contribution in [0.4, 0.5) is 0 Å². The molecule has 130 valence electrons. The highest BCUT2D eigenvalue weighted by atomic mass is 79.9. The van der Waals surface area contributed by atoms with E-state index in [0.717, 1.165) is 26.5 Å². The van der Waals surface area contributed by atoms with Crippen molar-refractivity contribution in [3.8, 4) is 5.75 Å². The minimum Gasteiger partial charge on any atom is -0.489 e. The second-order valence-electron chi connectivity index (χ2n) is 5.66. The first-order chi connectivity index (χ1) is 12.1. The molecule has 0 aliphatic rings. The Hall–Kier alpha value is -2.34. The fourth-order valence-corrected chi connectivity index (χ4v) is 3.26. The van der Waals surface area contributed by atoms with Gasteiger partial charge in [-0.15, -0.1) is 0 Å². The number of para-hydroxylation sites is 1. The van der Waals surface area contributed by atoms with E-state index in [0.29, 0.717) is 19.0 Å². The molecule has 0 aliphatic carbocycles. The lowest BCUT2D eigenvalue weighted by molar-refractivity contribution is -0.142. The Morgan fingerprint density at radius 1 is 1.28 bits per heavy atom. The average molecular weight is 403 g/mol. The minimum atomic E-state index is -0.252. The summed E-state index contributed by atoms with van der Waals surface area (Å²) < 4.78 is 13.8. The number of halogens is 1. The second kappa shape index (κ2) is 7.70. The van der Waals surface area contributed by atoms with Gasteiger partial charge in [0.2, 0.25) is 0 Å². The number of benzene rings is 2. The van der Waals surface area contributed by atoms with E-state index in [1.54, 1.807) is 6.92 Å². The maximum Gasteiger partial charge on any atom is 0.310 e. The van der Waals surface area contributed by atoms with Crippen LogP contribution in [-0.4, -0.2) is 22.4 Å². The van der Waals surface area contributed by atoms with Crippen molar-refractivity contribution < 1.29 is 14.3 Å². The number of rotatable bonds is 6. The maximum absolute atomic E-state index is 11.7. The van der Waals surface area contributed by atoms with Gasteiger partial charge in [0.1, 0.15) is 12.4 Å². The molecule has 1 heterocycles. The summed E-state index contributed by atoms with van der Waals surface area (Å²) in [6.45, 7) is 2.58. The van der Waals surface area contributed by atoms with E-state index in [4.69, 9.17) is 9.47 Å². The molecule has 0 atom stereocenters. The molecule has 0 spiro atoms. The fourth-order valence-electron chi connectivity index (χ4n) is 2.66. The molecule has 0 amide bonds. The number of hydrogen-bond donors (Lipinski definition) is 0. The molecule has 0 bridgehead atoms. The van der Waals surface area contributed by atoms with Crippen molar-refractivity contribution in [3.05, 3.63) is 58.2 Å². The normalized spacial score (nSPS) is 10.8. The molecule has 25 heavy (non-hydrogen) atoms. The molecular weight excluding hydrogens is 384 g/mol. The average Bonchev–Trinajstić information content (AvgIpc) is 2.96. The van der Waals surface area contributed by atoms with Gasteiger partial charge in [-0.25, -0.2) is 0 Å². The van der Waals surface area contributed by atoms with Gasteiger partial charge < -0.3 is 9.47 Å². The summed E-state index contributed by atoms with van der Waals surface area (Å²) in [5.41, 5.74) is 2.88. The molecule has 0 aliphatic heterocycles. The van der Waals surface area contributed by atoms with E-state index in [9.17, 15) is 4.79 Å². The summed E-state index contributed by atoms with van der Waals surface area (Å²) >= 11 is 3.58. The second-order valence-corrected chi connectivity index (χ2v) is 6.51. The molecule has 0 saturated carbocycles. The van der Waals surface area contributed by atoms with Crippen molar-refractivity contribution in [2.75, 3.05) is 6.61 Å². The molecule has 3 aromatic rings. The number of carbonyl (C=O) groups excluding carboxylic acids is 1. The predicted molar refractivity (Wildman–Crippen MR) is 99.5 cm³/mol. The molecule has 5 nitrogen and oxygen atoms in total. The predicted octanol–water partition coefficient (Wildman–Crippen LogP) is 4.02. The van der Waals surface area contributed by atoms with Gasteiger partial charge in [0.15, 0.2) is 0 Å². The van der Waals surface area contributed by atoms with Crippen LogP contribution in [0.25, 0.3) is 10.9 Å². The van der Waals surface area contributed by atoms with Gasteiger partial charge in [-0.3, -0.25) is 9.48 Å². The van der Waals surface area contributed by atoms with Gasteiger partial charge in [0, 0.05) is 22.5 Å². The highest BCUT2D eigenvalue weighted by molar-refractivity contribution is 9.10. The number of ether oxygens (including phenoxy) is 2. The van der Waals surface area contributed by atoms with Crippen LogP contribution in [-0.2, 0) is 29.6 Å². The van der Waals surface area contributed by atoms with Crippen LogP contribution in [0.2, 0.25) is 0 Å². The van der Waals surface area contributed by atoms with Crippen LogP contribution in [0.15, 0.2) is 47.1 Å². The van der Waals surface area contributed by atoms with E-state index >= 15 is 0 Å². The zero-order valence-electron chi connectivity index (χ0n) is 14.2. The third-order valence-electron chi connectivity index (χ3n) is 3.88. The highest BCUT2D eigenvalue weighted by Crippen LogP contribution is 2.27. The number of fused-ring (bicyclic) bond motifs is 1. The third-order valence-corrected chi connectivity index (χ3v) is 4.54. The molecule has 0 unspecified atom stereocenters. The number of hydrogen-bond acceptors (Lipinski definition) is 4. The number of aryl methyl sites for hydroxylation is 1. The number of aromatic nitrogens is 2. The Morgan fingerprint density at radius 3 is 2.88 bits per heavy atom. The molecular formula is C19H19BrN2O3. The molecule has 0 saturated heterocycles. The third kappa shape index (κ3) is 4.02. The lowest BCUT2D eigenvalue weighted by atomic mass is 10.1. The molecule has 0 N–H and O–H groups in total. The molecule has 6 heteroatoms. The standard InChI is InChI=1S/C19H19BrN2O3/c1-3-24-19(23)10-14-6-4-5-7-18(14)25-12-13-8-16(20)15-11-21-22(2)17(15)9-13/h4-9,11H,3,10,12H2,1-2H3. The van der Waals surface area contributed by atoms with Crippen molar-refractivity contribution in [2.45, 2.75) is 20.0 Å². The Labute approximate surface area is 154 Å². The van der Waals surface area contributed by atoms with Crippen LogP contribution in [0.3, 0.4) is 0 Å². The van der Waals surface area contributed by atoms with Gasteiger partial charge >= 0.3 is 5.97 Å². The van der Waals surface area contributed by atoms with Gasteiger partial charge in [-0.2, -0.15) is 5.10 Å². The Morgan fingerprint density at radius 2 is 2.08 bits per heavy atom. The van der Waals surface area contributed by atoms with Gasteiger partial charge in [-0.1, -0.05) is 34.1 Å². The summed E-state index contributed by atoms with van der Waals surface area (Å²) in [7, 11) is 1.91. The molecule has 1 aromatic heterocycles. The zero-order valence-corrected chi connectivity index (χ0v) is 15.7. The molecule has 0 radical (unpaired) electrons. The summed E-state index contributed by atoms with van der Waals surface area (Å²) in [4.78, 5) is 11.7. The smallest absolute Gasteiger partial charge is 0.310 e. The van der Waals surface area contributed by atoms with E-state index in [1.807, 2.05) is 48.3 Å². The lowest BCUT2D eigenvalue weighted by Gasteiger charge is -2.12. The van der Waals surface area contributed by atoms with Crippen molar-refractivity contribution in [1.82, 2.24) is 9.78 Å². The fraction of sp³-hybridized carbons (Fsp3) is 0.263. The summed E-state index contributed by atoms with van der Waals surface area (Å²) in [6, 6.07) is 11.6. The first-order valence-electron chi connectivity index (χ1n) is 8.05. The Kier molecular flexibility index (Phi) is 5.38. The van der Waals surface area contributed by atoms with E-state index in [-0.39, 0.29) is 12.4 Å². The number of nitrogens with zero attached hydrogens (tertiary/aromatic N) is 2. The highest BCUT2D eigenvalue weighted by Gasteiger charge is 2.11. The Bertz CT molecular complexity index is 905. The zero-order chi connectivity index (χ0) is 17.8. The molecule has 2 aromatic carbocycles. The number of carbonyl (C=O) groups is 1. The van der Waals surface area contributed by atoms with Crippen molar-refractivity contribution >= 4 is 32.8 Å². The van der Waals surface area contributed by atoms with Crippen LogP contribution in [0.1, 0.15) is 18.1 Å². The van der Waals surface area contributed by atoms with E-state index < -0.39 is 0 Å². The van der Waals surface area contributed by atoms with Crippen molar-refractivity contribution in [1.29, 1.82) is 0 Å². The molecule has 0 fully saturated rings. The van der Waals surface area contributed by atoms with Crippen LogP contribution in [0.5, 0.6) is 5.75 Å². The lowest BCUT2D eigenvalue weighted by Crippen LogP contribution is -2.09. The van der Waals surface area contributed by atoms with Crippen molar-refractivity contribution in [2.24, 2.45) is 7.05 Å². The first kappa shape index (κ1) is 17.5. The van der Waals surface area contributed by atoms with Crippen LogP contribution < -0.4 is 4.74 Å². The first-order valence-corrected chi connectivity index (χ1v) is 8.84. The number of esters is 1. The SMILES string of the molecule is CCOC(=O)Cc1ccccc1OCc1cc(Br)c2cnn(C)c2c1. The van der Waals surface area contributed by atoms with Gasteiger partial charge in [0.05, 0.1) is 24.7 Å². The monoisotopic (exact) mass is 402 g/mol.